The number of aryl methyl sites for hydroxylation is 2. The summed E-state index contributed by atoms with van der Waals surface area (Å²) in [6.45, 7) is 15.5. The molecule has 1 fully saturated rings. The van der Waals surface area contributed by atoms with Crippen molar-refractivity contribution in [2.75, 3.05) is 26.2 Å². The standard InChI is InChI=1S/C22H41N5O.HI/c1-6-8-9-10-17(3)25-22(23-7-2)24-15-20-11-13-27(14-12-20)16-21-26-18(4)19(5)28-21;/h17,20H,6-16H2,1-5H3,(H2,23,24,25);1H. The van der Waals surface area contributed by atoms with Gasteiger partial charge in [0.2, 0.25) is 5.89 Å². The Hall–Kier alpha value is -0.830. The second kappa shape index (κ2) is 14.2. The van der Waals surface area contributed by atoms with E-state index in [9.17, 15) is 0 Å². The van der Waals surface area contributed by atoms with Crippen LogP contribution in [0.15, 0.2) is 9.41 Å². The van der Waals surface area contributed by atoms with Crippen LogP contribution in [-0.4, -0.2) is 48.1 Å². The maximum atomic E-state index is 5.73. The van der Waals surface area contributed by atoms with E-state index in [4.69, 9.17) is 9.41 Å². The molecule has 0 aliphatic carbocycles. The highest BCUT2D eigenvalue weighted by Crippen LogP contribution is 2.20. The number of unbranched alkanes of at least 4 members (excludes halogenated alkanes) is 2. The second-order valence-electron chi connectivity index (χ2n) is 8.23. The Bertz CT molecular complexity index is 577. The number of rotatable bonds is 10. The van der Waals surface area contributed by atoms with Crippen LogP contribution in [0, 0.1) is 19.8 Å². The summed E-state index contributed by atoms with van der Waals surface area (Å²) in [7, 11) is 0. The molecule has 29 heavy (non-hydrogen) atoms. The quantitative estimate of drug-likeness (QED) is 0.204. The van der Waals surface area contributed by atoms with Crippen molar-refractivity contribution in [1.29, 1.82) is 0 Å². The molecule has 1 unspecified atom stereocenters. The zero-order valence-corrected chi connectivity index (χ0v) is 21.4. The summed E-state index contributed by atoms with van der Waals surface area (Å²) in [6.07, 6.45) is 7.45. The summed E-state index contributed by atoms with van der Waals surface area (Å²) in [5.41, 5.74) is 1.01. The molecule has 0 spiro atoms. The lowest BCUT2D eigenvalue weighted by molar-refractivity contribution is 0.166. The SMILES string of the molecule is CCCCCC(C)NC(=NCC1CCN(Cc2nc(C)c(C)o2)CC1)NCC.I. The maximum Gasteiger partial charge on any atom is 0.208 e. The van der Waals surface area contributed by atoms with E-state index in [1.54, 1.807) is 0 Å². The molecule has 2 rings (SSSR count). The fraction of sp³-hybridized carbons (Fsp3) is 0.818. The van der Waals surface area contributed by atoms with Crippen LogP contribution in [0.3, 0.4) is 0 Å². The van der Waals surface area contributed by atoms with E-state index in [1.165, 1.54) is 38.5 Å². The van der Waals surface area contributed by atoms with Crippen LogP contribution < -0.4 is 10.6 Å². The first-order valence-corrected chi connectivity index (χ1v) is 11.2. The van der Waals surface area contributed by atoms with Gasteiger partial charge in [-0.05, 0) is 66.0 Å². The molecule has 2 heterocycles. The van der Waals surface area contributed by atoms with Crippen molar-refractivity contribution in [3.05, 3.63) is 17.3 Å². The summed E-state index contributed by atoms with van der Waals surface area (Å²) in [5.74, 6) is 3.42. The number of hydrogen-bond acceptors (Lipinski definition) is 4. The molecule has 0 amide bonds. The Kier molecular flexibility index (Phi) is 12.9. The van der Waals surface area contributed by atoms with E-state index in [1.807, 2.05) is 13.8 Å². The van der Waals surface area contributed by atoms with Gasteiger partial charge in [0, 0.05) is 19.1 Å². The van der Waals surface area contributed by atoms with Gasteiger partial charge in [-0.3, -0.25) is 9.89 Å². The van der Waals surface area contributed by atoms with Gasteiger partial charge in [0.1, 0.15) is 5.76 Å². The second-order valence-corrected chi connectivity index (χ2v) is 8.23. The van der Waals surface area contributed by atoms with Crippen LogP contribution >= 0.6 is 24.0 Å². The third-order valence-corrected chi connectivity index (χ3v) is 5.61. The number of likely N-dealkylation sites (tertiary alicyclic amines) is 1. The van der Waals surface area contributed by atoms with Gasteiger partial charge in [-0.2, -0.15) is 0 Å². The van der Waals surface area contributed by atoms with E-state index in [2.05, 4.69) is 41.3 Å². The average Bonchev–Trinajstić information content (AvgIpc) is 2.98. The molecule has 0 bridgehead atoms. The topological polar surface area (TPSA) is 65.7 Å². The number of nitrogens with one attached hydrogen (secondary N) is 2. The minimum atomic E-state index is 0. The zero-order chi connectivity index (χ0) is 20.4. The maximum absolute atomic E-state index is 5.73. The summed E-state index contributed by atoms with van der Waals surface area (Å²) >= 11 is 0. The van der Waals surface area contributed by atoms with Gasteiger partial charge < -0.3 is 15.1 Å². The lowest BCUT2D eigenvalue weighted by Gasteiger charge is -2.30. The van der Waals surface area contributed by atoms with Crippen molar-refractivity contribution in [1.82, 2.24) is 20.5 Å². The molecule has 0 aromatic carbocycles. The van der Waals surface area contributed by atoms with Crippen molar-refractivity contribution in [3.8, 4) is 0 Å². The minimum absolute atomic E-state index is 0. The van der Waals surface area contributed by atoms with Gasteiger partial charge in [0.15, 0.2) is 5.96 Å². The molecular formula is C22H42IN5O. The molecule has 2 N–H and O–H groups in total. The highest BCUT2D eigenvalue weighted by atomic mass is 127. The van der Waals surface area contributed by atoms with Gasteiger partial charge in [-0.25, -0.2) is 4.98 Å². The number of hydrogen-bond donors (Lipinski definition) is 2. The van der Waals surface area contributed by atoms with Gasteiger partial charge in [-0.1, -0.05) is 26.2 Å². The summed E-state index contributed by atoms with van der Waals surface area (Å²) in [6, 6.07) is 0.471. The highest BCUT2D eigenvalue weighted by molar-refractivity contribution is 14.0. The first kappa shape index (κ1) is 26.2. The molecule has 0 saturated carbocycles. The van der Waals surface area contributed by atoms with Crippen LogP contribution in [0.1, 0.15) is 76.6 Å². The number of piperidine rings is 1. The number of aromatic nitrogens is 1. The van der Waals surface area contributed by atoms with Crippen molar-refractivity contribution >= 4 is 29.9 Å². The molecule has 1 aliphatic heterocycles. The Labute approximate surface area is 194 Å². The number of oxazole rings is 1. The molecule has 1 aromatic rings. The summed E-state index contributed by atoms with van der Waals surface area (Å²) in [4.78, 5) is 11.8. The third-order valence-electron chi connectivity index (χ3n) is 5.61. The number of nitrogens with zero attached hydrogens (tertiary/aromatic N) is 3. The van der Waals surface area contributed by atoms with Gasteiger partial charge in [0.25, 0.3) is 0 Å². The largest absolute Gasteiger partial charge is 0.444 e. The summed E-state index contributed by atoms with van der Waals surface area (Å²) < 4.78 is 5.73. The molecular weight excluding hydrogens is 477 g/mol. The van der Waals surface area contributed by atoms with Gasteiger partial charge >= 0.3 is 0 Å². The first-order valence-electron chi connectivity index (χ1n) is 11.2. The lowest BCUT2D eigenvalue weighted by atomic mass is 9.97. The van der Waals surface area contributed by atoms with Crippen LogP contribution in [0.4, 0.5) is 0 Å². The van der Waals surface area contributed by atoms with Crippen molar-refractivity contribution in [3.63, 3.8) is 0 Å². The van der Waals surface area contributed by atoms with Crippen LogP contribution in [0.2, 0.25) is 0 Å². The van der Waals surface area contributed by atoms with Gasteiger partial charge in [-0.15, -0.1) is 24.0 Å². The fourth-order valence-electron chi connectivity index (χ4n) is 3.67. The Morgan fingerprint density at radius 1 is 1.24 bits per heavy atom. The molecule has 1 atom stereocenters. The Morgan fingerprint density at radius 3 is 2.55 bits per heavy atom. The molecule has 1 aromatic heterocycles. The highest BCUT2D eigenvalue weighted by Gasteiger charge is 2.21. The Balaban J connectivity index is 0.00000420. The smallest absolute Gasteiger partial charge is 0.208 e. The number of aliphatic imine (C=N–C) groups is 1. The summed E-state index contributed by atoms with van der Waals surface area (Å²) in [5, 5.41) is 6.97. The zero-order valence-electron chi connectivity index (χ0n) is 19.1. The predicted octanol–water partition coefficient (Wildman–Crippen LogP) is 4.65. The molecule has 1 saturated heterocycles. The first-order chi connectivity index (χ1) is 13.5. The molecule has 168 valence electrons. The molecule has 1 aliphatic rings. The average molecular weight is 520 g/mol. The van der Waals surface area contributed by atoms with E-state index < -0.39 is 0 Å². The van der Waals surface area contributed by atoms with E-state index in [-0.39, 0.29) is 24.0 Å². The van der Waals surface area contributed by atoms with Gasteiger partial charge in [0.05, 0.1) is 12.2 Å². The van der Waals surface area contributed by atoms with E-state index in [0.717, 1.165) is 56.0 Å². The van der Waals surface area contributed by atoms with Crippen LogP contribution in [0.5, 0.6) is 0 Å². The monoisotopic (exact) mass is 519 g/mol. The molecule has 6 nitrogen and oxygen atoms in total. The van der Waals surface area contributed by atoms with E-state index in [0.29, 0.717) is 12.0 Å². The molecule has 0 radical (unpaired) electrons. The van der Waals surface area contributed by atoms with Crippen molar-refractivity contribution in [2.45, 2.75) is 85.7 Å². The van der Waals surface area contributed by atoms with Crippen molar-refractivity contribution in [2.24, 2.45) is 10.9 Å². The fourth-order valence-corrected chi connectivity index (χ4v) is 3.67. The lowest BCUT2D eigenvalue weighted by Crippen LogP contribution is -2.42. The van der Waals surface area contributed by atoms with Crippen LogP contribution in [0.25, 0.3) is 0 Å². The minimum Gasteiger partial charge on any atom is -0.444 e. The van der Waals surface area contributed by atoms with Crippen molar-refractivity contribution < 1.29 is 4.42 Å². The third kappa shape index (κ3) is 9.68. The number of halogens is 1. The van der Waals surface area contributed by atoms with Crippen LogP contribution in [-0.2, 0) is 6.54 Å². The number of guanidine groups is 1. The van der Waals surface area contributed by atoms with E-state index >= 15 is 0 Å². The normalized spacial score (nSPS) is 17.1. The predicted molar refractivity (Wildman–Crippen MR) is 132 cm³/mol. The molecule has 7 heteroatoms. The Morgan fingerprint density at radius 2 is 1.97 bits per heavy atom.